The van der Waals surface area contributed by atoms with Gasteiger partial charge < -0.3 is 11.1 Å². The third-order valence-electron chi connectivity index (χ3n) is 5.33. The van der Waals surface area contributed by atoms with Gasteiger partial charge in [0, 0.05) is 36.7 Å². The molecule has 0 radical (unpaired) electrons. The van der Waals surface area contributed by atoms with E-state index in [1.54, 1.807) is 0 Å². The summed E-state index contributed by atoms with van der Waals surface area (Å²) in [4.78, 5) is 15.1. The van der Waals surface area contributed by atoms with Crippen LogP contribution in [0.4, 0.5) is 0 Å². The molecule has 1 heterocycles. The summed E-state index contributed by atoms with van der Waals surface area (Å²) >= 11 is 2.05. The van der Waals surface area contributed by atoms with Gasteiger partial charge in [-0.05, 0) is 26.2 Å². The largest absolute Gasteiger partial charge is 0.353 e. The van der Waals surface area contributed by atoms with Gasteiger partial charge in [-0.3, -0.25) is 9.69 Å². The van der Waals surface area contributed by atoms with Crippen LogP contribution in [0.2, 0.25) is 0 Å². The number of carbonyl (C=O) groups is 1. The van der Waals surface area contributed by atoms with Crippen LogP contribution in [0.15, 0.2) is 0 Å². The number of amides is 1. The van der Waals surface area contributed by atoms with Crippen molar-refractivity contribution < 1.29 is 4.79 Å². The maximum Gasteiger partial charge on any atom is 0.239 e. The molecule has 22 heavy (non-hydrogen) atoms. The van der Waals surface area contributed by atoms with E-state index in [0.29, 0.717) is 0 Å². The standard InChI is InChI=1S/C17H33N3OS/c1-3-7-16(2,18)15(21)19-14-17(8-5-4-6-9-17)20-10-12-22-13-11-20/h3-14,18H2,1-2H3,(H,19,21). The minimum atomic E-state index is -0.734. The van der Waals surface area contributed by atoms with E-state index >= 15 is 0 Å². The molecule has 2 fully saturated rings. The summed E-state index contributed by atoms with van der Waals surface area (Å²) in [6, 6.07) is 0. The van der Waals surface area contributed by atoms with Gasteiger partial charge in [-0.2, -0.15) is 11.8 Å². The lowest BCUT2D eigenvalue weighted by Crippen LogP contribution is -2.61. The summed E-state index contributed by atoms with van der Waals surface area (Å²) < 4.78 is 0. The predicted molar refractivity (Wildman–Crippen MR) is 95.2 cm³/mol. The van der Waals surface area contributed by atoms with Gasteiger partial charge in [-0.1, -0.05) is 32.6 Å². The normalized spacial score (nSPS) is 25.4. The number of nitrogens with two attached hydrogens (primary N) is 1. The van der Waals surface area contributed by atoms with E-state index in [-0.39, 0.29) is 11.4 Å². The van der Waals surface area contributed by atoms with E-state index in [2.05, 4.69) is 17.1 Å². The van der Waals surface area contributed by atoms with Crippen molar-refractivity contribution in [3.63, 3.8) is 0 Å². The van der Waals surface area contributed by atoms with Crippen LogP contribution in [0.25, 0.3) is 0 Å². The number of thioether (sulfide) groups is 1. The Morgan fingerprint density at radius 2 is 1.91 bits per heavy atom. The minimum Gasteiger partial charge on any atom is -0.353 e. The Kier molecular flexibility index (Phi) is 6.59. The van der Waals surface area contributed by atoms with Crippen molar-refractivity contribution in [3.8, 4) is 0 Å². The molecular weight excluding hydrogens is 294 g/mol. The Hall–Kier alpha value is -0.260. The molecule has 128 valence electrons. The average Bonchev–Trinajstić information content (AvgIpc) is 2.54. The Morgan fingerprint density at radius 3 is 2.50 bits per heavy atom. The Balaban J connectivity index is 1.99. The van der Waals surface area contributed by atoms with Crippen LogP contribution < -0.4 is 11.1 Å². The highest BCUT2D eigenvalue weighted by Gasteiger charge is 2.39. The van der Waals surface area contributed by atoms with Crippen molar-refractivity contribution in [2.24, 2.45) is 5.73 Å². The van der Waals surface area contributed by atoms with Crippen molar-refractivity contribution in [1.29, 1.82) is 0 Å². The highest BCUT2D eigenvalue weighted by atomic mass is 32.2. The second-order valence-corrected chi connectivity index (χ2v) is 8.46. The molecule has 1 saturated heterocycles. The first-order valence-electron chi connectivity index (χ1n) is 8.90. The molecule has 0 aromatic carbocycles. The zero-order valence-electron chi connectivity index (χ0n) is 14.3. The molecule has 5 heteroatoms. The van der Waals surface area contributed by atoms with Crippen molar-refractivity contribution >= 4 is 17.7 Å². The van der Waals surface area contributed by atoms with Gasteiger partial charge in [0.1, 0.15) is 0 Å². The lowest BCUT2D eigenvalue weighted by atomic mass is 9.79. The number of hydrogen-bond acceptors (Lipinski definition) is 4. The molecule has 1 amide bonds. The van der Waals surface area contributed by atoms with Crippen LogP contribution >= 0.6 is 11.8 Å². The van der Waals surface area contributed by atoms with Gasteiger partial charge in [0.25, 0.3) is 0 Å². The van der Waals surface area contributed by atoms with E-state index in [1.165, 1.54) is 43.6 Å². The number of nitrogens with zero attached hydrogens (tertiary/aromatic N) is 1. The van der Waals surface area contributed by atoms with Gasteiger partial charge in [0.2, 0.25) is 5.91 Å². The fourth-order valence-electron chi connectivity index (χ4n) is 3.93. The molecular formula is C17H33N3OS. The molecule has 3 N–H and O–H groups in total. The van der Waals surface area contributed by atoms with Gasteiger partial charge in [-0.25, -0.2) is 0 Å². The summed E-state index contributed by atoms with van der Waals surface area (Å²) in [5, 5.41) is 3.20. The molecule has 2 rings (SSSR count). The van der Waals surface area contributed by atoms with E-state index in [1.807, 2.05) is 18.7 Å². The smallest absolute Gasteiger partial charge is 0.239 e. The van der Waals surface area contributed by atoms with E-state index in [0.717, 1.165) is 32.5 Å². The summed E-state index contributed by atoms with van der Waals surface area (Å²) in [5.74, 6) is 2.46. The fourth-order valence-corrected chi connectivity index (χ4v) is 4.84. The van der Waals surface area contributed by atoms with E-state index in [9.17, 15) is 4.79 Å². The topological polar surface area (TPSA) is 58.4 Å². The molecule has 2 aliphatic rings. The maximum absolute atomic E-state index is 12.5. The Bertz CT molecular complexity index is 361. The van der Waals surface area contributed by atoms with Crippen molar-refractivity contribution in [2.45, 2.75) is 69.9 Å². The van der Waals surface area contributed by atoms with Crippen LogP contribution in [-0.2, 0) is 4.79 Å². The first-order chi connectivity index (χ1) is 10.5. The number of hydrogen-bond donors (Lipinski definition) is 2. The molecule has 1 aliphatic heterocycles. The van der Waals surface area contributed by atoms with E-state index in [4.69, 9.17) is 5.73 Å². The number of nitrogens with one attached hydrogen (secondary N) is 1. The Labute approximate surface area is 140 Å². The number of carbonyl (C=O) groups excluding carboxylic acids is 1. The molecule has 0 aromatic heterocycles. The average molecular weight is 328 g/mol. The Morgan fingerprint density at radius 1 is 1.27 bits per heavy atom. The molecule has 1 aliphatic carbocycles. The highest BCUT2D eigenvalue weighted by molar-refractivity contribution is 7.99. The van der Waals surface area contributed by atoms with E-state index < -0.39 is 5.54 Å². The van der Waals surface area contributed by atoms with Crippen LogP contribution in [0.3, 0.4) is 0 Å². The zero-order chi connectivity index (χ0) is 16.1. The van der Waals surface area contributed by atoms with Gasteiger partial charge in [-0.15, -0.1) is 0 Å². The van der Waals surface area contributed by atoms with Crippen LogP contribution in [0, 0.1) is 0 Å². The highest BCUT2D eigenvalue weighted by Crippen LogP contribution is 2.35. The van der Waals surface area contributed by atoms with Crippen molar-refractivity contribution in [2.75, 3.05) is 31.1 Å². The summed E-state index contributed by atoms with van der Waals surface area (Å²) in [7, 11) is 0. The molecule has 4 nitrogen and oxygen atoms in total. The lowest BCUT2D eigenvalue weighted by molar-refractivity contribution is -0.127. The number of rotatable bonds is 6. The summed E-state index contributed by atoms with van der Waals surface area (Å²) in [6.07, 6.45) is 8.02. The first-order valence-corrected chi connectivity index (χ1v) is 10.1. The van der Waals surface area contributed by atoms with Gasteiger partial charge in [0.15, 0.2) is 0 Å². The van der Waals surface area contributed by atoms with Crippen molar-refractivity contribution in [1.82, 2.24) is 10.2 Å². The molecule has 0 spiro atoms. The van der Waals surface area contributed by atoms with Crippen LogP contribution in [-0.4, -0.2) is 53.0 Å². The summed E-state index contributed by atoms with van der Waals surface area (Å²) in [6.45, 7) is 7.03. The third kappa shape index (κ3) is 4.39. The summed E-state index contributed by atoms with van der Waals surface area (Å²) in [5.41, 5.74) is 5.62. The van der Waals surface area contributed by atoms with Crippen molar-refractivity contribution in [3.05, 3.63) is 0 Å². The van der Waals surface area contributed by atoms with Gasteiger partial charge in [0.05, 0.1) is 5.54 Å². The molecule has 1 saturated carbocycles. The van der Waals surface area contributed by atoms with Gasteiger partial charge >= 0.3 is 0 Å². The van der Waals surface area contributed by atoms with Crippen LogP contribution in [0.1, 0.15) is 58.8 Å². The first kappa shape index (κ1) is 18.1. The van der Waals surface area contributed by atoms with Crippen LogP contribution in [0.5, 0.6) is 0 Å². The molecule has 0 bridgehead atoms. The monoisotopic (exact) mass is 327 g/mol. The lowest BCUT2D eigenvalue weighted by Gasteiger charge is -2.48. The zero-order valence-corrected chi connectivity index (χ0v) is 15.1. The third-order valence-corrected chi connectivity index (χ3v) is 6.27. The molecule has 0 aromatic rings. The second kappa shape index (κ2) is 8.02. The fraction of sp³-hybridized carbons (Fsp3) is 0.941. The molecule has 1 atom stereocenters. The SMILES string of the molecule is CCCC(C)(N)C(=O)NCC1(N2CCSCC2)CCCCC1. The minimum absolute atomic E-state index is 0.0192. The molecule has 1 unspecified atom stereocenters. The quantitative estimate of drug-likeness (QED) is 0.786. The predicted octanol–water partition coefficient (Wildman–Crippen LogP) is 2.37. The maximum atomic E-state index is 12.5. The second-order valence-electron chi connectivity index (χ2n) is 7.23.